The number of ether oxygens (including phenoxy) is 2. The molecule has 1 aromatic carbocycles. The Morgan fingerprint density at radius 2 is 2.04 bits per heavy atom. The number of carbonyl (C=O) groups is 1. The van der Waals surface area contributed by atoms with E-state index in [0.29, 0.717) is 24.8 Å². The molecule has 2 aromatic rings. The van der Waals surface area contributed by atoms with Crippen molar-refractivity contribution in [2.45, 2.75) is 32.9 Å². The molecule has 1 aromatic heterocycles. The summed E-state index contributed by atoms with van der Waals surface area (Å²) in [4.78, 5) is 18.5. The number of morpholine rings is 1. The smallest absolute Gasteiger partial charge is 0.407 e. The van der Waals surface area contributed by atoms with E-state index in [1.54, 1.807) is 6.20 Å². The lowest BCUT2D eigenvalue weighted by Gasteiger charge is -2.29. The molecule has 1 aliphatic rings. The van der Waals surface area contributed by atoms with Gasteiger partial charge in [-0.05, 0) is 44.0 Å². The minimum atomic E-state index is -0.521. The summed E-state index contributed by atoms with van der Waals surface area (Å²) in [5.74, 6) is 0.778. The number of nitrogens with one attached hydrogen (secondary N) is 1. The second-order valence-corrected chi connectivity index (χ2v) is 8.03. The van der Waals surface area contributed by atoms with Gasteiger partial charge in [-0.1, -0.05) is 29.8 Å². The van der Waals surface area contributed by atoms with Gasteiger partial charge in [0.1, 0.15) is 11.4 Å². The van der Waals surface area contributed by atoms with E-state index in [-0.39, 0.29) is 0 Å². The lowest BCUT2D eigenvalue weighted by Crippen LogP contribution is -2.37. The van der Waals surface area contributed by atoms with Crippen LogP contribution in [0.1, 0.15) is 26.3 Å². The first-order valence-electron chi connectivity index (χ1n) is 9.37. The van der Waals surface area contributed by atoms with E-state index >= 15 is 0 Å². The number of alkyl carbamates (subject to hydrolysis) is 1. The van der Waals surface area contributed by atoms with Gasteiger partial charge < -0.3 is 19.7 Å². The SMILES string of the molecule is CC(C)(C)OC(=O)NCc1cccc(-c2ccnc(N3CCOCC3)c2Cl)c1. The van der Waals surface area contributed by atoms with Crippen LogP contribution in [0.4, 0.5) is 10.6 Å². The normalized spacial score (nSPS) is 14.6. The lowest BCUT2D eigenvalue weighted by atomic mass is 10.0. The first-order valence-corrected chi connectivity index (χ1v) is 9.75. The highest BCUT2D eigenvalue weighted by atomic mass is 35.5. The van der Waals surface area contributed by atoms with Crippen molar-refractivity contribution in [2.75, 3.05) is 31.2 Å². The zero-order valence-electron chi connectivity index (χ0n) is 16.5. The Bertz CT molecular complexity index is 830. The summed E-state index contributed by atoms with van der Waals surface area (Å²) in [6.45, 7) is 8.79. The summed E-state index contributed by atoms with van der Waals surface area (Å²) in [5, 5.41) is 3.41. The monoisotopic (exact) mass is 403 g/mol. The highest BCUT2D eigenvalue weighted by molar-refractivity contribution is 6.35. The van der Waals surface area contributed by atoms with Gasteiger partial charge in [-0.25, -0.2) is 9.78 Å². The van der Waals surface area contributed by atoms with Crippen LogP contribution in [-0.2, 0) is 16.0 Å². The van der Waals surface area contributed by atoms with Gasteiger partial charge in [0.05, 0.1) is 18.2 Å². The van der Waals surface area contributed by atoms with Crippen molar-refractivity contribution in [3.05, 3.63) is 47.1 Å². The number of halogens is 1. The molecule has 3 rings (SSSR count). The predicted molar refractivity (Wildman–Crippen MR) is 111 cm³/mol. The molecule has 0 atom stereocenters. The third-order valence-electron chi connectivity index (χ3n) is 4.26. The third kappa shape index (κ3) is 5.36. The van der Waals surface area contributed by atoms with E-state index in [2.05, 4.69) is 15.2 Å². The Labute approximate surface area is 170 Å². The zero-order chi connectivity index (χ0) is 20.1. The number of hydrogen-bond donors (Lipinski definition) is 1. The largest absolute Gasteiger partial charge is 0.444 e. The fraction of sp³-hybridized carbons (Fsp3) is 0.429. The first kappa shape index (κ1) is 20.4. The molecule has 1 aliphatic heterocycles. The summed E-state index contributed by atoms with van der Waals surface area (Å²) in [7, 11) is 0. The summed E-state index contributed by atoms with van der Waals surface area (Å²) in [6.07, 6.45) is 1.34. The molecule has 0 aliphatic carbocycles. The van der Waals surface area contributed by atoms with Crippen LogP contribution in [0, 0.1) is 0 Å². The Morgan fingerprint density at radius 1 is 1.29 bits per heavy atom. The second-order valence-electron chi connectivity index (χ2n) is 7.65. The highest BCUT2D eigenvalue weighted by Gasteiger charge is 2.19. The minimum Gasteiger partial charge on any atom is -0.444 e. The van der Waals surface area contributed by atoms with Crippen LogP contribution >= 0.6 is 11.6 Å². The number of nitrogens with zero attached hydrogens (tertiary/aromatic N) is 2. The Balaban J connectivity index is 1.76. The maximum absolute atomic E-state index is 11.9. The molecule has 150 valence electrons. The summed E-state index contributed by atoms with van der Waals surface area (Å²) in [6, 6.07) is 9.83. The van der Waals surface area contributed by atoms with Crippen molar-refractivity contribution >= 4 is 23.5 Å². The molecular formula is C21H26ClN3O3. The lowest BCUT2D eigenvalue weighted by molar-refractivity contribution is 0.0523. The number of hydrogen-bond acceptors (Lipinski definition) is 5. The van der Waals surface area contributed by atoms with Gasteiger partial charge in [0.25, 0.3) is 0 Å². The summed E-state index contributed by atoms with van der Waals surface area (Å²) < 4.78 is 10.7. The summed E-state index contributed by atoms with van der Waals surface area (Å²) >= 11 is 6.69. The van der Waals surface area contributed by atoms with Crippen LogP contribution in [0.25, 0.3) is 11.1 Å². The number of benzene rings is 1. The van der Waals surface area contributed by atoms with Crippen molar-refractivity contribution in [3.63, 3.8) is 0 Å². The molecule has 1 N–H and O–H groups in total. The third-order valence-corrected chi connectivity index (χ3v) is 4.63. The average molecular weight is 404 g/mol. The van der Waals surface area contributed by atoms with E-state index < -0.39 is 11.7 Å². The van der Waals surface area contributed by atoms with Gasteiger partial charge in [-0.15, -0.1) is 0 Å². The second kappa shape index (κ2) is 8.80. The molecule has 0 bridgehead atoms. The van der Waals surface area contributed by atoms with Crippen molar-refractivity contribution in [3.8, 4) is 11.1 Å². The maximum Gasteiger partial charge on any atom is 0.407 e. The molecule has 7 heteroatoms. The molecule has 1 saturated heterocycles. The van der Waals surface area contributed by atoms with Gasteiger partial charge >= 0.3 is 6.09 Å². The first-order chi connectivity index (χ1) is 13.3. The number of carbonyl (C=O) groups excluding carboxylic acids is 1. The van der Waals surface area contributed by atoms with E-state index in [4.69, 9.17) is 21.1 Å². The molecule has 0 radical (unpaired) electrons. The van der Waals surface area contributed by atoms with Crippen molar-refractivity contribution in [1.82, 2.24) is 10.3 Å². The van der Waals surface area contributed by atoms with Crippen LogP contribution in [0.2, 0.25) is 5.02 Å². The van der Waals surface area contributed by atoms with Gasteiger partial charge in [-0.3, -0.25) is 0 Å². The van der Waals surface area contributed by atoms with Gasteiger partial charge in [0.15, 0.2) is 0 Å². The quantitative estimate of drug-likeness (QED) is 0.826. The molecule has 0 spiro atoms. The van der Waals surface area contributed by atoms with E-state index in [9.17, 15) is 4.79 Å². The predicted octanol–water partition coefficient (Wildman–Crippen LogP) is 4.26. The molecule has 1 amide bonds. The van der Waals surface area contributed by atoms with Crippen molar-refractivity contribution in [1.29, 1.82) is 0 Å². The Hall–Kier alpha value is -2.31. The molecule has 0 unspecified atom stereocenters. The maximum atomic E-state index is 11.9. The van der Waals surface area contributed by atoms with Gasteiger partial charge in [0, 0.05) is 31.4 Å². The Kier molecular flexibility index (Phi) is 6.42. The fourth-order valence-electron chi connectivity index (χ4n) is 2.99. The van der Waals surface area contributed by atoms with Crippen molar-refractivity contribution < 1.29 is 14.3 Å². The van der Waals surface area contributed by atoms with Crippen LogP contribution in [0.5, 0.6) is 0 Å². The van der Waals surface area contributed by atoms with Crippen LogP contribution in [0.3, 0.4) is 0 Å². The number of pyridine rings is 1. The standard InChI is InChI=1S/C21H26ClN3O3/c1-21(2,3)28-20(26)24-14-15-5-4-6-16(13-15)17-7-8-23-19(18(17)22)25-9-11-27-12-10-25/h4-8,13H,9-12,14H2,1-3H3,(H,24,26). The highest BCUT2D eigenvalue weighted by Crippen LogP contribution is 2.34. The molecule has 0 saturated carbocycles. The molecular weight excluding hydrogens is 378 g/mol. The number of anilines is 1. The van der Waals surface area contributed by atoms with Crippen molar-refractivity contribution in [2.24, 2.45) is 0 Å². The minimum absolute atomic E-state index is 0.377. The van der Waals surface area contributed by atoms with E-state index in [1.807, 2.05) is 51.1 Å². The molecule has 2 heterocycles. The fourth-order valence-corrected chi connectivity index (χ4v) is 3.33. The van der Waals surface area contributed by atoms with Crippen LogP contribution in [0.15, 0.2) is 36.5 Å². The van der Waals surface area contributed by atoms with E-state index in [0.717, 1.165) is 35.6 Å². The van der Waals surface area contributed by atoms with E-state index in [1.165, 1.54) is 0 Å². The van der Waals surface area contributed by atoms with Gasteiger partial charge in [0.2, 0.25) is 0 Å². The molecule has 6 nitrogen and oxygen atoms in total. The molecule has 28 heavy (non-hydrogen) atoms. The Morgan fingerprint density at radius 3 is 2.75 bits per heavy atom. The number of amides is 1. The van der Waals surface area contributed by atoms with Gasteiger partial charge in [-0.2, -0.15) is 0 Å². The average Bonchev–Trinajstić information content (AvgIpc) is 2.66. The van der Waals surface area contributed by atoms with Crippen LogP contribution in [-0.4, -0.2) is 43.0 Å². The van der Waals surface area contributed by atoms with Crippen LogP contribution < -0.4 is 10.2 Å². The number of rotatable bonds is 4. The summed E-state index contributed by atoms with van der Waals surface area (Å²) in [5.41, 5.74) is 2.33. The topological polar surface area (TPSA) is 63.7 Å². The zero-order valence-corrected chi connectivity index (χ0v) is 17.3. The molecule has 1 fully saturated rings. The number of aromatic nitrogens is 1.